The average molecular weight is 511 g/mol. The molecule has 0 aliphatic carbocycles. The van der Waals surface area contributed by atoms with Gasteiger partial charge in [-0.2, -0.15) is 10.2 Å². The molecule has 6 rings (SSSR count). The fourth-order valence-electron chi connectivity index (χ4n) is 5.13. The van der Waals surface area contributed by atoms with Gasteiger partial charge in [0, 0.05) is 56.2 Å². The highest BCUT2D eigenvalue weighted by atomic mass is 32.1. The van der Waals surface area contributed by atoms with Crippen molar-refractivity contribution in [2.75, 3.05) is 26.2 Å². The van der Waals surface area contributed by atoms with E-state index in [-0.39, 0.29) is 11.6 Å². The number of carbonyl (C=O) groups excluding carboxylic acids is 1. The number of fused-ring (bicyclic) bond motifs is 3. The van der Waals surface area contributed by atoms with E-state index >= 15 is 0 Å². The molecule has 2 aromatic heterocycles. The minimum absolute atomic E-state index is 0.0180. The van der Waals surface area contributed by atoms with Gasteiger partial charge in [0.25, 0.3) is 5.91 Å². The lowest BCUT2D eigenvalue weighted by Crippen LogP contribution is -2.32. The van der Waals surface area contributed by atoms with Crippen LogP contribution < -0.4 is 5.32 Å². The number of carbonyl (C=O) groups is 1. The van der Waals surface area contributed by atoms with Gasteiger partial charge in [-0.15, -0.1) is 12.3 Å². The molecule has 0 radical (unpaired) electrons. The standard InChI is InChI=1S/C29H30N6OS/c1-3-4-12-29(32-33-29)13-15-34-14-11-21(18-34)17-30-27(36)23-9-10-25-26(16-23)37-28-31-24(19-35(25)28)22-7-5-20(2)6-8-22/h1,5-10,16,19,21H,4,11-15,17-18H2,2H3,(H,30,36). The van der Waals surface area contributed by atoms with Crippen LogP contribution in [0.15, 0.2) is 58.9 Å². The van der Waals surface area contributed by atoms with Crippen LogP contribution in [-0.2, 0) is 0 Å². The Hall–Kier alpha value is -3.54. The number of imidazole rings is 1. The Morgan fingerprint density at radius 3 is 2.84 bits per heavy atom. The van der Waals surface area contributed by atoms with Gasteiger partial charge < -0.3 is 10.2 Å². The van der Waals surface area contributed by atoms with Gasteiger partial charge in [0.15, 0.2) is 10.6 Å². The minimum Gasteiger partial charge on any atom is -0.352 e. The number of benzene rings is 2. The third kappa shape index (κ3) is 5.02. The van der Waals surface area contributed by atoms with Crippen molar-refractivity contribution >= 4 is 32.4 Å². The molecule has 1 N–H and O–H groups in total. The number of rotatable bonds is 9. The van der Waals surface area contributed by atoms with Gasteiger partial charge in [-0.3, -0.25) is 9.20 Å². The van der Waals surface area contributed by atoms with Crippen molar-refractivity contribution in [2.45, 2.75) is 38.3 Å². The average Bonchev–Trinajstić information content (AvgIpc) is 3.20. The molecule has 37 heavy (non-hydrogen) atoms. The van der Waals surface area contributed by atoms with E-state index in [1.807, 2.05) is 18.2 Å². The largest absolute Gasteiger partial charge is 0.352 e. The second-order valence-corrected chi connectivity index (χ2v) is 11.2. The Labute approximate surface area is 220 Å². The van der Waals surface area contributed by atoms with Crippen LogP contribution in [0.25, 0.3) is 26.4 Å². The number of aromatic nitrogens is 2. The second-order valence-electron chi connectivity index (χ2n) is 10.2. The van der Waals surface area contributed by atoms with Crippen molar-refractivity contribution in [3.05, 3.63) is 59.8 Å². The van der Waals surface area contributed by atoms with Crippen molar-refractivity contribution < 1.29 is 4.79 Å². The summed E-state index contributed by atoms with van der Waals surface area (Å²) in [5.74, 6) is 3.13. The zero-order valence-corrected chi connectivity index (χ0v) is 21.8. The Bertz CT molecular complexity index is 1520. The van der Waals surface area contributed by atoms with E-state index in [1.165, 1.54) is 5.56 Å². The van der Waals surface area contributed by atoms with Gasteiger partial charge >= 0.3 is 0 Å². The number of nitrogens with one attached hydrogen (secondary N) is 1. The predicted octanol–water partition coefficient (Wildman–Crippen LogP) is 5.54. The summed E-state index contributed by atoms with van der Waals surface area (Å²) in [6.07, 6.45) is 11.1. The lowest BCUT2D eigenvalue weighted by molar-refractivity contribution is 0.0947. The van der Waals surface area contributed by atoms with Gasteiger partial charge in [0.05, 0.1) is 15.9 Å². The molecule has 188 valence electrons. The van der Waals surface area contributed by atoms with Gasteiger partial charge in [0.2, 0.25) is 0 Å². The fraction of sp³-hybridized carbons (Fsp3) is 0.379. The molecule has 0 spiro atoms. The van der Waals surface area contributed by atoms with Crippen molar-refractivity contribution in [3.63, 3.8) is 0 Å². The van der Waals surface area contributed by atoms with E-state index in [2.05, 4.69) is 68.2 Å². The molecule has 0 bridgehead atoms. The lowest BCUT2D eigenvalue weighted by atomic mass is 10.0. The first-order valence-electron chi connectivity index (χ1n) is 12.9. The lowest BCUT2D eigenvalue weighted by Gasteiger charge is -2.18. The Morgan fingerprint density at radius 2 is 2.05 bits per heavy atom. The minimum atomic E-state index is -0.219. The monoisotopic (exact) mass is 510 g/mol. The van der Waals surface area contributed by atoms with E-state index in [4.69, 9.17) is 11.4 Å². The molecule has 1 saturated heterocycles. The highest BCUT2D eigenvalue weighted by Gasteiger charge is 2.39. The number of aryl methyl sites for hydroxylation is 1. The number of terminal acetylenes is 1. The molecular formula is C29H30N6OS. The maximum atomic E-state index is 12.9. The normalized spacial score (nSPS) is 18.4. The number of nitrogens with zero attached hydrogens (tertiary/aromatic N) is 5. The zero-order chi connectivity index (χ0) is 25.4. The summed E-state index contributed by atoms with van der Waals surface area (Å²) >= 11 is 1.61. The van der Waals surface area contributed by atoms with Crippen LogP contribution in [0.5, 0.6) is 0 Å². The molecule has 4 heterocycles. The molecule has 1 atom stereocenters. The summed E-state index contributed by atoms with van der Waals surface area (Å²) in [4.78, 5) is 21.1. The van der Waals surface area contributed by atoms with Crippen LogP contribution in [0, 0.1) is 25.2 Å². The number of amides is 1. The quantitative estimate of drug-likeness (QED) is 0.300. The van der Waals surface area contributed by atoms with E-state index in [1.54, 1.807) is 11.3 Å². The van der Waals surface area contributed by atoms with Gasteiger partial charge in [-0.05, 0) is 44.0 Å². The molecule has 1 unspecified atom stereocenters. The van der Waals surface area contributed by atoms with E-state index in [9.17, 15) is 4.79 Å². The molecule has 2 aromatic carbocycles. The molecule has 1 amide bonds. The molecule has 0 saturated carbocycles. The first kappa shape index (κ1) is 23.8. The first-order chi connectivity index (χ1) is 18.0. The van der Waals surface area contributed by atoms with E-state index < -0.39 is 0 Å². The molecular weight excluding hydrogens is 480 g/mol. The van der Waals surface area contributed by atoms with Crippen LogP contribution in [0.4, 0.5) is 0 Å². The van der Waals surface area contributed by atoms with Crippen LogP contribution in [0.2, 0.25) is 0 Å². The summed E-state index contributed by atoms with van der Waals surface area (Å²) in [5.41, 5.74) is 4.85. The zero-order valence-electron chi connectivity index (χ0n) is 21.0. The van der Waals surface area contributed by atoms with E-state index in [0.29, 0.717) is 18.0 Å². The van der Waals surface area contributed by atoms with Crippen molar-refractivity contribution in [1.82, 2.24) is 19.6 Å². The Kier molecular flexibility index (Phi) is 6.27. The third-order valence-electron chi connectivity index (χ3n) is 7.51. The Morgan fingerprint density at radius 1 is 1.22 bits per heavy atom. The van der Waals surface area contributed by atoms with Crippen LogP contribution >= 0.6 is 11.3 Å². The summed E-state index contributed by atoms with van der Waals surface area (Å²) in [6, 6.07) is 14.3. The highest BCUT2D eigenvalue weighted by molar-refractivity contribution is 7.23. The second kappa shape index (κ2) is 9.73. The number of hydrogen-bond donors (Lipinski definition) is 1. The molecule has 8 heteroatoms. The van der Waals surface area contributed by atoms with Crippen LogP contribution in [0.3, 0.4) is 0 Å². The smallest absolute Gasteiger partial charge is 0.251 e. The number of likely N-dealkylation sites (tertiary alicyclic amines) is 1. The summed E-state index contributed by atoms with van der Waals surface area (Å²) in [7, 11) is 0. The molecule has 7 nitrogen and oxygen atoms in total. The summed E-state index contributed by atoms with van der Waals surface area (Å²) in [6.45, 7) is 5.80. The fourth-order valence-corrected chi connectivity index (χ4v) is 6.18. The van der Waals surface area contributed by atoms with Gasteiger partial charge in [-0.25, -0.2) is 4.98 Å². The summed E-state index contributed by atoms with van der Waals surface area (Å²) in [5, 5.41) is 11.6. The van der Waals surface area contributed by atoms with Crippen LogP contribution in [-0.4, -0.2) is 52.0 Å². The SMILES string of the molecule is C#CCCC1(CCN2CCC(CNC(=O)c3ccc4c(c3)sc3nc(-c5ccc(C)cc5)cn34)C2)N=N1. The predicted molar refractivity (Wildman–Crippen MR) is 148 cm³/mol. The summed E-state index contributed by atoms with van der Waals surface area (Å²) < 4.78 is 3.18. The van der Waals surface area contributed by atoms with Crippen molar-refractivity contribution in [3.8, 4) is 23.6 Å². The first-order valence-corrected chi connectivity index (χ1v) is 13.7. The molecule has 4 aromatic rings. The van der Waals surface area contributed by atoms with Crippen LogP contribution in [0.1, 0.15) is 41.6 Å². The van der Waals surface area contributed by atoms with Gasteiger partial charge in [0.1, 0.15) is 0 Å². The maximum Gasteiger partial charge on any atom is 0.251 e. The molecule has 2 aliphatic heterocycles. The van der Waals surface area contributed by atoms with Crippen molar-refractivity contribution in [2.24, 2.45) is 16.1 Å². The topological polar surface area (TPSA) is 74.4 Å². The maximum absolute atomic E-state index is 12.9. The molecule has 2 aliphatic rings. The Balaban J connectivity index is 1.04. The number of thiazole rings is 1. The van der Waals surface area contributed by atoms with Crippen molar-refractivity contribution in [1.29, 1.82) is 0 Å². The third-order valence-corrected chi connectivity index (χ3v) is 8.52. The number of hydrogen-bond acceptors (Lipinski definition) is 6. The molecule has 1 fully saturated rings. The van der Waals surface area contributed by atoms with E-state index in [0.717, 1.165) is 71.8 Å². The highest BCUT2D eigenvalue weighted by Crippen LogP contribution is 2.37. The van der Waals surface area contributed by atoms with Gasteiger partial charge in [-0.1, -0.05) is 41.2 Å².